The van der Waals surface area contributed by atoms with Crippen LogP contribution in [0.15, 0.2) is 41.7 Å². The molecule has 1 saturated carbocycles. The average molecular weight is 477 g/mol. The molecule has 2 unspecified atom stereocenters. The molecule has 1 aromatic heterocycles. The Balaban J connectivity index is 0.00000225. The maximum atomic E-state index is 14.0. The number of hydrogen-bond acceptors (Lipinski definition) is 1. The van der Waals surface area contributed by atoms with Gasteiger partial charge in [0.15, 0.2) is 5.96 Å². The van der Waals surface area contributed by atoms with Crippen molar-refractivity contribution in [2.24, 2.45) is 12.0 Å². The topological polar surface area (TPSA) is 41.4 Å². The van der Waals surface area contributed by atoms with Gasteiger partial charge in [-0.25, -0.2) is 9.38 Å². The maximum absolute atomic E-state index is 14.0. The molecule has 0 bridgehead atoms. The van der Waals surface area contributed by atoms with Crippen LogP contribution in [0.3, 0.4) is 0 Å². The Morgan fingerprint density at radius 2 is 2.20 bits per heavy atom. The predicted octanol–water partition coefficient (Wildman–Crippen LogP) is 4.05. The smallest absolute Gasteiger partial charge is 0.191 e. The van der Waals surface area contributed by atoms with Crippen LogP contribution >= 0.6 is 35.6 Å². The summed E-state index contributed by atoms with van der Waals surface area (Å²) in [6.45, 7) is 3.41. The molecule has 0 aliphatic heterocycles. The van der Waals surface area contributed by atoms with E-state index in [1.165, 1.54) is 6.07 Å². The first-order valence-corrected chi connectivity index (χ1v) is 8.56. The minimum atomic E-state index is -0.233. The molecule has 1 aliphatic rings. The van der Waals surface area contributed by atoms with Gasteiger partial charge in [0.2, 0.25) is 0 Å². The third-order valence-electron chi connectivity index (χ3n) is 4.14. The van der Waals surface area contributed by atoms with Gasteiger partial charge in [0.25, 0.3) is 0 Å². The lowest BCUT2D eigenvalue weighted by Gasteiger charge is -2.12. The monoisotopic (exact) mass is 476 g/mol. The van der Waals surface area contributed by atoms with E-state index in [1.54, 1.807) is 12.1 Å². The number of hydrogen-bond donors (Lipinski definition) is 2. The fraction of sp³-hybridized carbons (Fsp3) is 0.389. The number of aromatic nitrogens is 1. The summed E-state index contributed by atoms with van der Waals surface area (Å²) in [6, 6.07) is 7.05. The van der Waals surface area contributed by atoms with Gasteiger partial charge < -0.3 is 15.2 Å². The summed E-state index contributed by atoms with van der Waals surface area (Å²) in [5, 5.41) is 7.11. The van der Waals surface area contributed by atoms with Crippen molar-refractivity contribution in [3.8, 4) is 0 Å². The van der Waals surface area contributed by atoms with Gasteiger partial charge in [0.05, 0.1) is 6.54 Å². The Hall–Kier alpha value is -1.28. The number of benzene rings is 1. The molecular weight excluding hydrogens is 454 g/mol. The van der Waals surface area contributed by atoms with E-state index in [1.807, 2.05) is 37.0 Å². The van der Waals surface area contributed by atoms with Crippen molar-refractivity contribution in [2.45, 2.75) is 31.8 Å². The number of aryl methyl sites for hydroxylation is 1. The summed E-state index contributed by atoms with van der Waals surface area (Å²) in [4.78, 5) is 4.60. The minimum absolute atomic E-state index is 0. The number of halogens is 3. The molecule has 1 aliphatic carbocycles. The summed E-state index contributed by atoms with van der Waals surface area (Å²) < 4.78 is 16.0. The number of rotatable bonds is 5. The van der Waals surface area contributed by atoms with Crippen LogP contribution in [0.4, 0.5) is 4.39 Å². The van der Waals surface area contributed by atoms with Crippen LogP contribution in [0.1, 0.15) is 30.4 Å². The Morgan fingerprint density at radius 3 is 2.84 bits per heavy atom. The van der Waals surface area contributed by atoms with Crippen molar-refractivity contribution >= 4 is 41.5 Å². The molecule has 2 aromatic rings. The summed E-state index contributed by atoms with van der Waals surface area (Å²) in [7, 11) is 1.99. The van der Waals surface area contributed by atoms with E-state index < -0.39 is 0 Å². The van der Waals surface area contributed by atoms with E-state index in [-0.39, 0.29) is 41.8 Å². The van der Waals surface area contributed by atoms with Crippen LogP contribution in [0.5, 0.6) is 0 Å². The number of guanidine groups is 1. The van der Waals surface area contributed by atoms with Crippen LogP contribution in [-0.4, -0.2) is 23.1 Å². The van der Waals surface area contributed by atoms with Gasteiger partial charge >= 0.3 is 0 Å². The van der Waals surface area contributed by atoms with E-state index in [9.17, 15) is 4.39 Å². The van der Waals surface area contributed by atoms with Gasteiger partial charge in [-0.05, 0) is 37.1 Å². The average Bonchev–Trinajstić information content (AvgIpc) is 3.15. The lowest BCUT2D eigenvalue weighted by atomic mass is 10.1. The Bertz CT molecular complexity index is 726. The molecular formula is C18H23ClFIN4. The zero-order chi connectivity index (χ0) is 17.1. The van der Waals surface area contributed by atoms with E-state index in [4.69, 9.17) is 11.6 Å². The highest BCUT2D eigenvalue weighted by Crippen LogP contribution is 2.44. The highest BCUT2D eigenvalue weighted by Gasteiger charge is 2.41. The van der Waals surface area contributed by atoms with Crippen LogP contribution in [0.2, 0.25) is 5.02 Å². The number of aliphatic imine (C=N–C) groups is 1. The largest absolute Gasteiger partial charge is 0.357 e. The lowest BCUT2D eigenvalue weighted by molar-refractivity contribution is 0.608. The van der Waals surface area contributed by atoms with E-state index in [0.717, 1.165) is 24.5 Å². The molecule has 0 radical (unpaired) electrons. The second-order valence-corrected chi connectivity index (χ2v) is 6.52. The van der Waals surface area contributed by atoms with Crippen LogP contribution in [0.25, 0.3) is 0 Å². The second-order valence-electron chi connectivity index (χ2n) is 6.11. The molecule has 1 heterocycles. The van der Waals surface area contributed by atoms with Crippen molar-refractivity contribution in [1.82, 2.24) is 15.2 Å². The first-order chi connectivity index (χ1) is 11.6. The van der Waals surface area contributed by atoms with Gasteiger partial charge in [-0.3, -0.25) is 0 Å². The van der Waals surface area contributed by atoms with Gasteiger partial charge in [-0.2, -0.15) is 0 Å². The fourth-order valence-corrected chi connectivity index (χ4v) is 3.16. The molecule has 1 fully saturated rings. The number of nitrogens with zero attached hydrogens (tertiary/aromatic N) is 2. The number of nitrogens with one attached hydrogen (secondary N) is 2. The zero-order valence-corrected chi connectivity index (χ0v) is 17.4. The van der Waals surface area contributed by atoms with Crippen molar-refractivity contribution in [3.05, 3.63) is 58.6 Å². The summed E-state index contributed by atoms with van der Waals surface area (Å²) in [5.74, 6) is 0.614. The Morgan fingerprint density at radius 1 is 1.40 bits per heavy atom. The minimum Gasteiger partial charge on any atom is -0.357 e. The summed E-state index contributed by atoms with van der Waals surface area (Å²) in [5.41, 5.74) is 1.76. The molecule has 1 aromatic carbocycles. The van der Waals surface area contributed by atoms with Gasteiger partial charge in [-0.15, -0.1) is 24.0 Å². The van der Waals surface area contributed by atoms with Gasteiger partial charge in [-0.1, -0.05) is 17.7 Å². The third kappa shape index (κ3) is 5.10. The molecule has 7 heteroatoms. The van der Waals surface area contributed by atoms with Gasteiger partial charge in [0, 0.05) is 48.5 Å². The maximum Gasteiger partial charge on any atom is 0.191 e. The molecule has 0 saturated heterocycles. The SMILES string of the molecule is CCNC(=NCc1ccn(C)c1)NC1CC1c1c(F)cccc1Cl.I. The fourth-order valence-electron chi connectivity index (χ4n) is 2.86. The van der Waals surface area contributed by atoms with Crippen molar-refractivity contribution < 1.29 is 4.39 Å². The van der Waals surface area contributed by atoms with Crippen molar-refractivity contribution in [1.29, 1.82) is 0 Å². The van der Waals surface area contributed by atoms with E-state index in [2.05, 4.69) is 15.6 Å². The summed E-state index contributed by atoms with van der Waals surface area (Å²) >= 11 is 6.16. The summed E-state index contributed by atoms with van der Waals surface area (Å²) in [6.07, 6.45) is 4.91. The third-order valence-corrected chi connectivity index (χ3v) is 4.47. The van der Waals surface area contributed by atoms with Crippen LogP contribution in [0, 0.1) is 5.82 Å². The molecule has 2 N–H and O–H groups in total. The highest BCUT2D eigenvalue weighted by atomic mass is 127. The quantitative estimate of drug-likeness (QED) is 0.388. The molecule has 3 rings (SSSR count). The molecule has 25 heavy (non-hydrogen) atoms. The zero-order valence-electron chi connectivity index (χ0n) is 14.3. The predicted molar refractivity (Wildman–Crippen MR) is 111 cm³/mol. The Labute approximate surface area is 169 Å². The van der Waals surface area contributed by atoms with Crippen LogP contribution in [-0.2, 0) is 13.6 Å². The standard InChI is InChI=1S/C18H22ClFN4.HI/c1-3-21-18(22-10-12-7-8-24(2)11-12)23-16-9-13(16)17-14(19)5-4-6-15(17)20;/h4-8,11,13,16H,3,9-10H2,1-2H3,(H2,21,22,23);1H. The van der Waals surface area contributed by atoms with E-state index >= 15 is 0 Å². The molecule has 4 nitrogen and oxygen atoms in total. The van der Waals surface area contributed by atoms with Crippen molar-refractivity contribution in [2.75, 3.05) is 6.54 Å². The van der Waals surface area contributed by atoms with E-state index in [0.29, 0.717) is 17.1 Å². The van der Waals surface area contributed by atoms with Crippen LogP contribution < -0.4 is 10.6 Å². The lowest BCUT2D eigenvalue weighted by Crippen LogP contribution is -2.39. The molecule has 136 valence electrons. The van der Waals surface area contributed by atoms with Gasteiger partial charge in [0.1, 0.15) is 5.82 Å². The normalized spacial score (nSPS) is 19.3. The highest BCUT2D eigenvalue weighted by molar-refractivity contribution is 14.0. The first kappa shape index (κ1) is 20.0. The Kier molecular flexibility index (Phi) is 7.13. The molecule has 2 atom stereocenters. The second kappa shape index (κ2) is 8.89. The first-order valence-electron chi connectivity index (χ1n) is 8.18. The molecule has 0 spiro atoms. The van der Waals surface area contributed by atoms with Crippen molar-refractivity contribution in [3.63, 3.8) is 0 Å². The molecule has 0 amide bonds.